The molecule has 4 saturated heterocycles. The van der Waals surface area contributed by atoms with E-state index in [1.165, 1.54) is 5.01 Å². The fraction of sp³-hybridized carbons (Fsp3) is 0.538. The number of likely N-dealkylation sites (tertiary alicyclic amines) is 2. The Bertz CT molecular complexity index is 2640. The molecule has 7 heterocycles. The zero-order valence-electron chi connectivity index (χ0n) is 40.4. The summed E-state index contributed by atoms with van der Waals surface area (Å²) in [6.07, 6.45) is 4.08. The molecule has 5 aliphatic rings. The molecule has 5 aliphatic heterocycles. The fourth-order valence-electron chi connectivity index (χ4n) is 11.1. The summed E-state index contributed by atoms with van der Waals surface area (Å²) in [6, 6.07) is 12.5. The molecule has 2 aromatic heterocycles. The van der Waals surface area contributed by atoms with Crippen molar-refractivity contribution in [1.29, 1.82) is 0 Å². The van der Waals surface area contributed by atoms with Gasteiger partial charge in [-0.15, -0.1) is 0 Å². The molecule has 0 radical (unpaired) electrons. The molecular weight excluding hydrogens is 865 g/mol. The molecule has 362 valence electrons. The summed E-state index contributed by atoms with van der Waals surface area (Å²) in [7, 11) is 1.68. The number of carbonyl (C=O) groups excluding carboxylic acids is 5. The van der Waals surface area contributed by atoms with E-state index >= 15 is 0 Å². The maximum Gasteiger partial charge on any atom is 0.324 e. The van der Waals surface area contributed by atoms with Crippen LogP contribution in [0.4, 0.5) is 0 Å². The van der Waals surface area contributed by atoms with Crippen LogP contribution in [0.3, 0.4) is 0 Å². The van der Waals surface area contributed by atoms with Gasteiger partial charge in [0.2, 0.25) is 17.7 Å². The quantitative estimate of drug-likeness (QED) is 0.132. The minimum absolute atomic E-state index is 0.000244. The van der Waals surface area contributed by atoms with Crippen LogP contribution >= 0.6 is 0 Å². The summed E-state index contributed by atoms with van der Waals surface area (Å²) in [5.41, 5.74) is 8.87. The molecule has 4 amide bonds. The number of amides is 4. The number of nitrogens with one attached hydrogen (secondary N) is 3. The minimum atomic E-state index is -1.14. The molecule has 0 unspecified atom stereocenters. The Kier molecular flexibility index (Phi) is 12.9. The number of rotatable bonds is 9. The molecule has 6 bridgehead atoms. The molecular formula is C52H66N8O8. The normalized spacial score (nSPS) is 24.9. The second kappa shape index (κ2) is 18.6. The molecule has 2 aromatic carbocycles. The Morgan fingerprint density at radius 1 is 1.03 bits per heavy atom. The van der Waals surface area contributed by atoms with E-state index < -0.39 is 46.7 Å². The van der Waals surface area contributed by atoms with Gasteiger partial charge in [0.15, 0.2) is 0 Å². The largest absolute Gasteiger partial charge is 0.508 e. The van der Waals surface area contributed by atoms with Crippen LogP contribution < -0.4 is 16.1 Å². The van der Waals surface area contributed by atoms with Crippen molar-refractivity contribution in [3.8, 4) is 28.1 Å². The molecule has 16 nitrogen and oxygen atoms in total. The van der Waals surface area contributed by atoms with E-state index in [0.29, 0.717) is 70.4 Å². The van der Waals surface area contributed by atoms with E-state index in [9.17, 15) is 29.1 Å². The highest BCUT2D eigenvalue weighted by Gasteiger charge is 2.55. The summed E-state index contributed by atoms with van der Waals surface area (Å²) in [5.74, 6) is -1.84. The second-order valence-corrected chi connectivity index (χ2v) is 20.7. The predicted molar refractivity (Wildman–Crippen MR) is 256 cm³/mol. The average molecular weight is 931 g/mol. The van der Waals surface area contributed by atoms with E-state index in [1.807, 2.05) is 39.0 Å². The monoisotopic (exact) mass is 931 g/mol. The molecule has 0 aliphatic carbocycles. The van der Waals surface area contributed by atoms with Gasteiger partial charge in [0.1, 0.15) is 23.9 Å². The number of benzene rings is 2. The van der Waals surface area contributed by atoms with Crippen molar-refractivity contribution in [2.75, 3.05) is 46.4 Å². The summed E-state index contributed by atoms with van der Waals surface area (Å²) in [4.78, 5) is 79.1. The van der Waals surface area contributed by atoms with Crippen LogP contribution in [0.15, 0.2) is 54.7 Å². The molecule has 4 aromatic rings. The van der Waals surface area contributed by atoms with Gasteiger partial charge in [-0.25, -0.2) is 5.43 Å². The highest BCUT2D eigenvalue weighted by Crippen LogP contribution is 2.44. The van der Waals surface area contributed by atoms with Crippen molar-refractivity contribution in [2.45, 2.75) is 117 Å². The third kappa shape index (κ3) is 8.98. The van der Waals surface area contributed by atoms with Gasteiger partial charge in [-0.1, -0.05) is 39.8 Å². The van der Waals surface area contributed by atoms with Gasteiger partial charge in [-0.2, -0.15) is 0 Å². The van der Waals surface area contributed by atoms with Crippen LogP contribution in [0.2, 0.25) is 0 Å². The van der Waals surface area contributed by atoms with E-state index in [-0.39, 0.29) is 55.2 Å². The van der Waals surface area contributed by atoms with Gasteiger partial charge in [0, 0.05) is 80.9 Å². The van der Waals surface area contributed by atoms with Crippen LogP contribution in [-0.4, -0.2) is 130 Å². The van der Waals surface area contributed by atoms with E-state index in [0.717, 1.165) is 44.5 Å². The third-order valence-electron chi connectivity index (χ3n) is 14.8. The number of carbonyl (C=O) groups is 5. The van der Waals surface area contributed by atoms with Crippen LogP contribution in [-0.2, 0) is 52.8 Å². The van der Waals surface area contributed by atoms with Crippen LogP contribution in [0.5, 0.6) is 5.75 Å². The minimum Gasteiger partial charge on any atom is -0.508 e. The Labute approximate surface area is 398 Å². The van der Waals surface area contributed by atoms with Crippen molar-refractivity contribution in [2.24, 2.45) is 16.7 Å². The summed E-state index contributed by atoms with van der Waals surface area (Å²) < 4.78 is 14.2. The lowest BCUT2D eigenvalue weighted by Gasteiger charge is -2.37. The standard InChI is InChI=1S/C52H66N8O8/c1-8-58-42-14-13-33-25-37(42)38(45(58)36-11-9-17-53-43(36)31(4)67-7)26-51(5,6)29-68-49(65)39-12-10-18-60(56-39)48(64)40(23-32-21-34(33)24-35(61)22-32)55-46(62)44(30(2)3)59-20-16-52(50(59)66)15-19-57(28-52)47(63)41-27-54-41/h9,11,13-14,17,21-22,24-25,30-31,39-41,44,54,56,61H,8,10,12,15-16,18-20,23,26-29H2,1-7H3,(H,55,62)/t31-,39-,40-,41-,44-,52-/m0/s1. The molecule has 0 saturated carbocycles. The average Bonchev–Trinajstić information content (AvgIpc) is 3.92. The number of esters is 1. The zero-order valence-corrected chi connectivity index (χ0v) is 40.4. The van der Waals surface area contributed by atoms with Gasteiger partial charge in [0.05, 0.1) is 35.6 Å². The maximum absolute atomic E-state index is 14.8. The highest BCUT2D eigenvalue weighted by molar-refractivity contribution is 5.97. The first-order chi connectivity index (χ1) is 32.5. The molecule has 16 heteroatoms. The number of aromatic nitrogens is 2. The number of ether oxygens (including phenoxy) is 2. The number of fused-ring (bicyclic) bond motifs is 6. The van der Waals surface area contributed by atoms with E-state index in [1.54, 1.807) is 35.2 Å². The SMILES string of the molecule is CCn1c(-c2cccnc2[C@H](C)OC)c2c3cc(ccc31)-c1cc(O)cc(c1)C[C@H](NC(=O)[C@H](C(C)C)N1CC[C@]3(CCN(C(=O)[C@@H]4CN4)C3)C1=O)C(=O)N1CCC[C@H](N1)C(=O)OCC(C)(C)C2. The van der Waals surface area contributed by atoms with Gasteiger partial charge < -0.3 is 39.6 Å². The summed E-state index contributed by atoms with van der Waals surface area (Å²) in [5, 5.41) is 19.9. The number of aromatic hydroxyl groups is 1. The van der Waals surface area contributed by atoms with Gasteiger partial charge in [-0.3, -0.25) is 34.0 Å². The van der Waals surface area contributed by atoms with Crippen molar-refractivity contribution < 1.29 is 38.6 Å². The molecule has 9 rings (SSSR count). The number of phenols is 1. The van der Waals surface area contributed by atoms with Crippen molar-refractivity contribution in [1.82, 2.24) is 40.4 Å². The number of pyridine rings is 1. The van der Waals surface area contributed by atoms with Crippen molar-refractivity contribution in [3.63, 3.8) is 0 Å². The first kappa shape index (κ1) is 47.2. The number of methoxy groups -OCH3 is 1. The zero-order chi connectivity index (χ0) is 48.2. The van der Waals surface area contributed by atoms with Crippen LogP contribution in [0, 0.1) is 16.7 Å². The Morgan fingerprint density at radius 3 is 2.54 bits per heavy atom. The summed E-state index contributed by atoms with van der Waals surface area (Å²) >= 11 is 0. The number of hydrogen-bond donors (Lipinski definition) is 4. The third-order valence-corrected chi connectivity index (χ3v) is 14.8. The Balaban J connectivity index is 1.10. The number of phenolic OH excluding ortho intramolecular Hbond substituents is 1. The summed E-state index contributed by atoms with van der Waals surface area (Å²) in [6.45, 7) is 14.9. The topological polar surface area (TPSA) is 198 Å². The van der Waals surface area contributed by atoms with E-state index in [2.05, 4.69) is 59.6 Å². The number of cyclic esters (lactones) is 1. The highest BCUT2D eigenvalue weighted by atomic mass is 16.5. The number of hydrazine groups is 1. The second-order valence-electron chi connectivity index (χ2n) is 20.7. The lowest BCUT2D eigenvalue weighted by atomic mass is 9.84. The molecule has 1 spiro atoms. The lowest BCUT2D eigenvalue weighted by Crippen LogP contribution is -2.62. The fourth-order valence-corrected chi connectivity index (χ4v) is 11.1. The van der Waals surface area contributed by atoms with Gasteiger partial charge in [-0.05, 0) is 111 Å². The van der Waals surface area contributed by atoms with E-state index in [4.69, 9.17) is 14.5 Å². The molecule has 68 heavy (non-hydrogen) atoms. The number of nitrogens with zero attached hydrogens (tertiary/aromatic N) is 5. The molecule has 4 fully saturated rings. The molecule has 4 N–H and O–H groups in total. The first-order valence-electron chi connectivity index (χ1n) is 24.4. The van der Waals surface area contributed by atoms with Crippen molar-refractivity contribution >= 4 is 40.5 Å². The predicted octanol–water partition coefficient (Wildman–Crippen LogP) is 4.90. The van der Waals surface area contributed by atoms with Gasteiger partial charge in [0.25, 0.3) is 5.91 Å². The maximum atomic E-state index is 14.8. The number of aryl methyl sites for hydroxylation is 1. The van der Waals surface area contributed by atoms with Gasteiger partial charge >= 0.3 is 5.97 Å². The van der Waals surface area contributed by atoms with Crippen LogP contribution in [0.1, 0.15) is 90.2 Å². The Hall–Kier alpha value is -5.84. The first-order valence-corrected chi connectivity index (χ1v) is 24.4. The lowest BCUT2D eigenvalue weighted by molar-refractivity contribution is -0.155. The van der Waals surface area contributed by atoms with Crippen LogP contribution in [0.25, 0.3) is 33.3 Å². The smallest absolute Gasteiger partial charge is 0.324 e. The molecule has 6 atom stereocenters. The number of hydrogen-bond acceptors (Lipinski definition) is 11. The van der Waals surface area contributed by atoms with Crippen molar-refractivity contribution in [3.05, 3.63) is 71.5 Å². The Morgan fingerprint density at radius 2 is 1.81 bits per heavy atom.